The highest BCUT2D eigenvalue weighted by molar-refractivity contribution is 7.99. The van der Waals surface area contributed by atoms with E-state index in [1.165, 1.54) is 17.3 Å². The van der Waals surface area contributed by atoms with E-state index in [1.54, 1.807) is 24.3 Å². The van der Waals surface area contributed by atoms with Gasteiger partial charge in [-0.1, -0.05) is 55.4 Å². The summed E-state index contributed by atoms with van der Waals surface area (Å²) in [5, 5.41) is 10.8. The van der Waals surface area contributed by atoms with E-state index in [9.17, 15) is 4.79 Å². The molecule has 0 aliphatic carbocycles. The van der Waals surface area contributed by atoms with Crippen LogP contribution >= 0.6 is 23.4 Å². The summed E-state index contributed by atoms with van der Waals surface area (Å²) in [4.78, 5) is 16.4. The van der Waals surface area contributed by atoms with Crippen molar-refractivity contribution in [2.24, 2.45) is 0 Å². The molecule has 28 heavy (non-hydrogen) atoms. The monoisotopic (exact) mass is 416 g/mol. The first-order valence-corrected chi connectivity index (χ1v) is 10.2. The maximum absolute atomic E-state index is 12.0. The van der Waals surface area contributed by atoms with Gasteiger partial charge in [0.15, 0.2) is 5.82 Å². The van der Waals surface area contributed by atoms with Crippen LogP contribution in [-0.2, 0) is 11.4 Å². The molecule has 2 N–H and O–H groups in total. The number of benzene rings is 2. The Bertz CT molecular complexity index is 928. The van der Waals surface area contributed by atoms with Gasteiger partial charge in [-0.05, 0) is 41.8 Å². The summed E-state index contributed by atoms with van der Waals surface area (Å²) in [7, 11) is 0. The van der Waals surface area contributed by atoms with E-state index < -0.39 is 0 Å². The van der Waals surface area contributed by atoms with Gasteiger partial charge in [0, 0.05) is 10.7 Å². The number of ether oxygens (including phenoxy) is 1. The molecule has 0 radical (unpaired) electrons. The minimum atomic E-state index is -0.153. The van der Waals surface area contributed by atoms with Crippen molar-refractivity contribution in [1.29, 1.82) is 0 Å². The molecule has 1 heterocycles. The molecular weight excluding hydrogens is 396 g/mol. The Morgan fingerprint density at radius 1 is 1.25 bits per heavy atom. The van der Waals surface area contributed by atoms with Crippen molar-refractivity contribution in [2.75, 3.05) is 11.1 Å². The van der Waals surface area contributed by atoms with Gasteiger partial charge < -0.3 is 10.1 Å². The second-order valence-corrected chi connectivity index (χ2v) is 7.80. The van der Waals surface area contributed by atoms with E-state index in [2.05, 4.69) is 46.5 Å². The van der Waals surface area contributed by atoms with E-state index in [0.29, 0.717) is 27.6 Å². The smallest absolute Gasteiger partial charge is 0.234 e. The molecule has 0 aliphatic rings. The number of aromatic nitrogens is 3. The number of rotatable bonds is 8. The Labute approximate surface area is 173 Å². The Hall–Kier alpha value is -2.51. The van der Waals surface area contributed by atoms with Crippen molar-refractivity contribution >= 4 is 35.0 Å². The molecule has 1 amide bonds. The third-order valence-electron chi connectivity index (χ3n) is 3.87. The first-order valence-electron chi connectivity index (χ1n) is 8.82. The van der Waals surface area contributed by atoms with Crippen LogP contribution in [0.25, 0.3) is 0 Å². The minimum absolute atomic E-state index is 0.153. The summed E-state index contributed by atoms with van der Waals surface area (Å²) in [5.74, 6) is 1.90. The second kappa shape index (κ2) is 9.61. The van der Waals surface area contributed by atoms with Crippen molar-refractivity contribution < 1.29 is 9.53 Å². The maximum atomic E-state index is 12.0. The quantitative estimate of drug-likeness (QED) is 0.511. The Balaban J connectivity index is 1.45. The molecule has 0 atom stereocenters. The SMILES string of the molecule is CC(C)c1ccc(OCc2nc(SCC(=O)Nc3cccc(Cl)c3)n[nH]2)cc1. The number of hydrogen-bond donors (Lipinski definition) is 2. The van der Waals surface area contributed by atoms with Crippen molar-refractivity contribution in [1.82, 2.24) is 15.2 Å². The molecule has 0 saturated heterocycles. The molecule has 2 aromatic carbocycles. The Morgan fingerprint density at radius 2 is 2.04 bits per heavy atom. The first kappa shape index (κ1) is 20.2. The predicted octanol–water partition coefficient (Wildman–Crippen LogP) is 4.89. The van der Waals surface area contributed by atoms with Gasteiger partial charge in [-0.2, -0.15) is 0 Å². The fraction of sp³-hybridized carbons (Fsp3) is 0.250. The van der Waals surface area contributed by atoms with E-state index in [-0.39, 0.29) is 18.3 Å². The molecule has 3 aromatic rings. The average Bonchev–Trinajstić information content (AvgIpc) is 3.13. The number of anilines is 1. The van der Waals surface area contributed by atoms with Crippen LogP contribution in [0, 0.1) is 0 Å². The van der Waals surface area contributed by atoms with Gasteiger partial charge in [0.1, 0.15) is 12.4 Å². The predicted molar refractivity (Wildman–Crippen MR) is 112 cm³/mol. The lowest BCUT2D eigenvalue weighted by Crippen LogP contribution is -2.14. The molecule has 0 aliphatic heterocycles. The van der Waals surface area contributed by atoms with Gasteiger partial charge >= 0.3 is 0 Å². The van der Waals surface area contributed by atoms with Crippen LogP contribution in [0.3, 0.4) is 0 Å². The van der Waals surface area contributed by atoms with E-state index in [0.717, 1.165) is 5.75 Å². The van der Waals surface area contributed by atoms with Gasteiger partial charge in [0.25, 0.3) is 0 Å². The number of nitrogens with one attached hydrogen (secondary N) is 2. The summed E-state index contributed by atoms with van der Waals surface area (Å²) >= 11 is 7.15. The summed E-state index contributed by atoms with van der Waals surface area (Å²) in [5.41, 5.74) is 1.92. The van der Waals surface area contributed by atoms with Gasteiger partial charge in [-0.25, -0.2) is 4.98 Å². The van der Waals surface area contributed by atoms with Gasteiger partial charge in [0.2, 0.25) is 11.1 Å². The molecule has 146 valence electrons. The highest BCUT2D eigenvalue weighted by Gasteiger charge is 2.09. The van der Waals surface area contributed by atoms with Crippen LogP contribution < -0.4 is 10.1 Å². The number of halogens is 1. The number of amides is 1. The molecule has 0 fully saturated rings. The van der Waals surface area contributed by atoms with E-state index in [1.807, 2.05) is 12.1 Å². The fourth-order valence-corrected chi connectivity index (χ4v) is 3.21. The van der Waals surface area contributed by atoms with Crippen LogP contribution in [0.4, 0.5) is 5.69 Å². The molecule has 0 unspecified atom stereocenters. The lowest BCUT2D eigenvalue weighted by Gasteiger charge is -2.07. The Morgan fingerprint density at radius 3 is 2.75 bits per heavy atom. The van der Waals surface area contributed by atoms with E-state index in [4.69, 9.17) is 16.3 Å². The second-order valence-electron chi connectivity index (χ2n) is 6.42. The highest BCUT2D eigenvalue weighted by Crippen LogP contribution is 2.20. The zero-order valence-corrected chi connectivity index (χ0v) is 17.2. The molecule has 0 spiro atoms. The summed E-state index contributed by atoms with van der Waals surface area (Å²) in [6, 6.07) is 15.0. The number of thioether (sulfide) groups is 1. The van der Waals surface area contributed by atoms with Crippen LogP contribution in [-0.4, -0.2) is 26.8 Å². The average molecular weight is 417 g/mol. The highest BCUT2D eigenvalue weighted by atomic mass is 35.5. The van der Waals surface area contributed by atoms with Gasteiger partial charge in [-0.15, -0.1) is 5.10 Å². The third kappa shape index (κ3) is 6.00. The van der Waals surface area contributed by atoms with E-state index >= 15 is 0 Å². The largest absolute Gasteiger partial charge is 0.486 e. The normalized spacial score (nSPS) is 10.9. The molecular formula is C20H21ClN4O2S. The number of hydrogen-bond acceptors (Lipinski definition) is 5. The molecule has 8 heteroatoms. The maximum Gasteiger partial charge on any atom is 0.234 e. The van der Waals surface area contributed by atoms with Crippen molar-refractivity contribution in [2.45, 2.75) is 31.5 Å². The summed E-state index contributed by atoms with van der Waals surface area (Å²) in [6.07, 6.45) is 0. The van der Waals surface area contributed by atoms with Crippen LogP contribution in [0.15, 0.2) is 53.7 Å². The minimum Gasteiger partial charge on any atom is -0.486 e. The first-order chi connectivity index (χ1) is 13.5. The zero-order valence-electron chi connectivity index (χ0n) is 15.6. The standard InChI is InChI=1S/C20H21ClN4O2S/c1-13(2)14-6-8-17(9-7-14)27-11-18-23-20(25-24-18)28-12-19(26)22-16-5-3-4-15(21)10-16/h3-10,13H,11-12H2,1-2H3,(H,22,26)(H,23,24,25). The molecule has 1 aromatic heterocycles. The zero-order chi connectivity index (χ0) is 19.9. The molecule has 3 rings (SSSR count). The fourth-order valence-electron chi connectivity index (χ4n) is 2.40. The van der Waals surface area contributed by atoms with Crippen molar-refractivity contribution in [3.8, 4) is 5.75 Å². The van der Waals surface area contributed by atoms with Crippen LogP contribution in [0.1, 0.15) is 31.2 Å². The van der Waals surface area contributed by atoms with Gasteiger partial charge in [0.05, 0.1) is 5.75 Å². The summed E-state index contributed by atoms with van der Waals surface area (Å²) in [6.45, 7) is 4.58. The van der Waals surface area contributed by atoms with Crippen LogP contribution in [0.5, 0.6) is 5.75 Å². The Kier molecular flexibility index (Phi) is 6.95. The van der Waals surface area contributed by atoms with Gasteiger partial charge in [-0.3, -0.25) is 9.89 Å². The number of aromatic amines is 1. The lowest BCUT2D eigenvalue weighted by molar-refractivity contribution is -0.113. The topological polar surface area (TPSA) is 79.9 Å². The lowest BCUT2D eigenvalue weighted by atomic mass is 10.0. The third-order valence-corrected chi connectivity index (χ3v) is 4.96. The molecule has 0 bridgehead atoms. The molecule has 6 nitrogen and oxygen atoms in total. The number of nitrogens with zero attached hydrogens (tertiary/aromatic N) is 2. The van der Waals surface area contributed by atoms with Crippen molar-refractivity contribution in [3.05, 3.63) is 64.9 Å². The van der Waals surface area contributed by atoms with Crippen LogP contribution in [0.2, 0.25) is 5.02 Å². The number of carbonyl (C=O) groups is 1. The van der Waals surface area contributed by atoms with Crippen molar-refractivity contribution in [3.63, 3.8) is 0 Å². The number of carbonyl (C=O) groups excluding carboxylic acids is 1. The number of H-pyrrole nitrogens is 1. The summed E-state index contributed by atoms with van der Waals surface area (Å²) < 4.78 is 5.72. The molecule has 0 saturated carbocycles.